The van der Waals surface area contributed by atoms with Crippen LogP contribution in [-0.4, -0.2) is 33.7 Å². The van der Waals surface area contributed by atoms with E-state index in [0.29, 0.717) is 17.3 Å². The Morgan fingerprint density at radius 3 is 2.42 bits per heavy atom. The second kappa shape index (κ2) is 8.56. The molecule has 0 aliphatic carbocycles. The number of aryl methyl sites for hydroxylation is 1. The Kier molecular flexibility index (Phi) is 6.67. The molecular formula is C19H23ClN2O3S. The number of nitrogens with zero attached hydrogens (tertiary/aromatic N) is 1. The van der Waals surface area contributed by atoms with Crippen LogP contribution in [-0.2, 0) is 14.8 Å². The van der Waals surface area contributed by atoms with Crippen molar-refractivity contribution >= 4 is 33.2 Å². The first-order chi connectivity index (χ1) is 12.2. The first-order valence-electron chi connectivity index (χ1n) is 8.24. The van der Waals surface area contributed by atoms with Gasteiger partial charge in [0.05, 0.1) is 11.9 Å². The van der Waals surface area contributed by atoms with Gasteiger partial charge in [-0.25, -0.2) is 8.42 Å². The van der Waals surface area contributed by atoms with Crippen molar-refractivity contribution in [2.24, 2.45) is 0 Å². The zero-order valence-electron chi connectivity index (χ0n) is 15.1. The van der Waals surface area contributed by atoms with Gasteiger partial charge >= 0.3 is 0 Å². The fourth-order valence-corrected chi connectivity index (χ4v) is 3.51. The van der Waals surface area contributed by atoms with Crippen molar-refractivity contribution in [3.63, 3.8) is 0 Å². The van der Waals surface area contributed by atoms with E-state index in [1.807, 2.05) is 44.2 Å². The summed E-state index contributed by atoms with van der Waals surface area (Å²) in [5.41, 5.74) is 2.32. The van der Waals surface area contributed by atoms with Crippen molar-refractivity contribution in [2.75, 3.05) is 23.7 Å². The molecule has 0 saturated carbocycles. The summed E-state index contributed by atoms with van der Waals surface area (Å²) in [5.74, 6) is -0.240. The maximum Gasteiger partial charge on any atom is 0.240 e. The monoisotopic (exact) mass is 394 g/mol. The Labute approximate surface area is 160 Å². The normalized spacial score (nSPS) is 12.5. The van der Waals surface area contributed by atoms with Gasteiger partial charge in [0.25, 0.3) is 0 Å². The molecule has 2 aromatic carbocycles. The van der Waals surface area contributed by atoms with Gasteiger partial charge in [0.1, 0.15) is 6.54 Å². The highest BCUT2D eigenvalue weighted by atomic mass is 35.5. The molecule has 0 bridgehead atoms. The third-order valence-corrected chi connectivity index (χ3v) is 5.65. The highest BCUT2D eigenvalue weighted by Gasteiger charge is 2.21. The molecule has 1 amide bonds. The largest absolute Gasteiger partial charge is 0.354 e. The van der Waals surface area contributed by atoms with Crippen LogP contribution < -0.4 is 9.62 Å². The molecule has 2 rings (SSSR count). The number of halogens is 1. The molecule has 26 heavy (non-hydrogen) atoms. The molecule has 1 N–H and O–H groups in total. The third kappa shape index (κ3) is 5.47. The average molecular weight is 395 g/mol. The number of carbonyl (C=O) groups is 1. The van der Waals surface area contributed by atoms with Crippen LogP contribution in [0.3, 0.4) is 0 Å². The Bertz CT molecular complexity index is 870. The van der Waals surface area contributed by atoms with Crippen molar-refractivity contribution in [1.82, 2.24) is 5.32 Å². The first kappa shape index (κ1) is 20.3. The summed E-state index contributed by atoms with van der Waals surface area (Å²) in [7, 11) is -3.62. The number of rotatable bonds is 7. The highest BCUT2D eigenvalue weighted by Crippen LogP contribution is 2.24. The van der Waals surface area contributed by atoms with E-state index in [0.717, 1.165) is 21.7 Å². The molecule has 140 valence electrons. The summed E-state index contributed by atoms with van der Waals surface area (Å²) in [6.07, 6.45) is 1.07. The molecule has 5 nitrogen and oxygen atoms in total. The van der Waals surface area contributed by atoms with Crippen LogP contribution in [0, 0.1) is 6.92 Å². The van der Waals surface area contributed by atoms with Crippen molar-refractivity contribution < 1.29 is 13.2 Å². The molecule has 2 aromatic rings. The molecule has 0 fully saturated rings. The minimum atomic E-state index is -3.62. The maximum atomic E-state index is 12.3. The van der Waals surface area contributed by atoms with Gasteiger partial charge in [0, 0.05) is 11.6 Å². The highest BCUT2D eigenvalue weighted by molar-refractivity contribution is 7.92. The van der Waals surface area contributed by atoms with Gasteiger partial charge in [-0.3, -0.25) is 9.10 Å². The number of sulfonamides is 1. The van der Waals surface area contributed by atoms with Crippen molar-refractivity contribution in [3.05, 3.63) is 64.7 Å². The number of amides is 1. The van der Waals surface area contributed by atoms with Gasteiger partial charge in [0.15, 0.2) is 0 Å². The molecule has 1 atom stereocenters. The topological polar surface area (TPSA) is 66.5 Å². The number of carbonyl (C=O) groups excluding carboxylic acids is 1. The molecule has 0 aliphatic heterocycles. The predicted molar refractivity (Wildman–Crippen MR) is 106 cm³/mol. The lowest BCUT2D eigenvalue weighted by molar-refractivity contribution is -0.119. The van der Waals surface area contributed by atoms with E-state index < -0.39 is 10.0 Å². The van der Waals surface area contributed by atoms with E-state index in [1.165, 1.54) is 0 Å². The standard InChI is InChI=1S/C19H23ClN2O3S/c1-14-9-10-17(11-18(14)20)22(26(3,24)25)13-19(23)21-12-15(2)16-7-5-4-6-8-16/h4-11,15H,12-13H2,1-3H3,(H,21,23)/t15-/m1/s1. The fourth-order valence-electron chi connectivity index (χ4n) is 2.49. The zero-order valence-corrected chi connectivity index (χ0v) is 16.6. The lowest BCUT2D eigenvalue weighted by atomic mass is 10.0. The fraction of sp³-hybridized carbons (Fsp3) is 0.316. The summed E-state index contributed by atoms with van der Waals surface area (Å²) in [6.45, 7) is 3.97. The van der Waals surface area contributed by atoms with Gasteiger partial charge in [-0.1, -0.05) is 54.9 Å². The van der Waals surface area contributed by atoms with Crippen LogP contribution in [0.4, 0.5) is 5.69 Å². The minimum absolute atomic E-state index is 0.126. The van der Waals surface area contributed by atoms with E-state index in [4.69, 9.17) is 11.6 Å². The van der Waals surface area contributed by atoms with Gasteiger partial charge in [0.2, 0.25) is 15.9 Å². The molecule has 0 heterocycles. The molecular weight excluding hydrogens is 372 g/mol. The molecule has 0 saturated heterocycles. The van der Waals surface area contributed by atoms with E-state index in [9.17, 15) is 13.2 Å². The molecule has 0 unspecified atom stereocenters. The van der Waals surface area contributed by atoms with Crippen molar-refractivity contribution in [2.45, 2.75) is 19.8 Å². The van der Waals surface area contributed by atoms with Gasteiger partial charge in [-0.15, -0.1) is 0 Å². The van der Waals surface area contributed by atoms with E-state index in [1.54, 1.807) is 18.2 Å². The minimum Gasteiger partial charge on any atom is -0.354 e. The molecule has 7 heteroatoms. The van der Waals surface area contributed by atoms with Crippen LogP contribution in [0.25, 0.3) is 0 Å². The van der Waals surface area contributed by atoms with Crippen LogP contribution in [0.5, 0.6) is 0 Å². The second-order valence-electron chi connectivity index (χ2n) is 6.32. The van der Waals surface area contributed by atoms with Gasteiger partial charge in [-0.2, -0.15) is 0 Å². The lowest BCUT2D eigenvalue weighted by Gasteiger charge is -2.23. The van der Waals surface area contributed by atoms with Crippen molar-refractivity contribution in [3.8, 4) is 0 Å². The lowest BCUT2D eigenvalue weighted by Crippen LogP contribution is -2.41. The Balaban J connectivity index is 2.06. The summed E-state index contributed by atoms with van der Waals surface area (Å²) in [5, 5.41) is 3.25. The Morgan fingerprint density at radius 1 is 1.19 bits per heavy atom. The summed E-state index contributed by atoms with van der Waals surface area (Å²) in [4.78, 5) is 12.3. The summed E-state index contributed by atoms with van der Waals surface area (Å²) >= 11 is 6.09. The van der Waals surface area contributed by atoms with E-state index in [-0.39, 0.29) is 18.4 Å². The molecule has 0 radical (unpaired) electrons. The number of hydrogen-bond acceptors (Lipinski definition) is 3. The Morgan fingerprint density at radius 2 is 1.85 bits per heavy atom. The number of benzene rings is 2. The SMILES string of the molecule is Cc1ccc(N(CC(=O)NC[C@@H](C)c2ccccc2)S(C)(=O)=O)cc1Cl. The van der Waals surface area contributed by atoms with Crippen LogP contribution >= 0.6 is 11.6 Å². The third-order valence-electron chi connectivity index (χ3n) is 4.10. The zero-order chi connectivity index (χ0) is 19.3. The van der Waals surface area contributed by atoms with E-state index in [2.05, 4.69) is 5.32 Å². The quantitative estimate of drug-likeness (QED) is 0.783. The predicted octanol–water partition coefficient (Wildman–Crippen LogP) is 3.33. The van der Waals surface area contributed by atoms with Crippen LogP contribution in [0.1, 0.15) is 24.0 Å². The van der Waals surface area contributed by atoms with Crippen LogP contribution in [0.15, 0.2) is 48.5 Å². The summed E-state index contributed by atoms with van der Waals surface area (Å²) in [6, 6.07) is 14.7. The molecule has 0 spiro atoms. The first-order valence-corrected chi connectivity index (χ1v) is 10.5. The number of hydrogen-bond donors (Lipinski definition) is 1. The van der Waals surface area contributed by atoms with Crippen LogP contribution in [0.2, 0.25) is 5.02 Å². The average Bonchev–Trinajstić information content (AvgIpc) is 2.60. The molecule has 0 aromatic heterocycles. The molecule has 0 aliphatic rings. The maximum absolute atomic E-state index is 12.3. The smallest absolute Gasteiger partial charge is 0.240 e. The number of nitrogens with one attached hydrogen (secondary N) is 1. The van der Waals surface area contributed by atoms with Gasteiger partial charge in [-0.05, 0) is 36.1 Å². The Hall–Kier alpha value is -2.05. The van der Waals surface area contributed by atoms with Crippen molar-refractivity contribution in [1.29, 1.82) is 0 Å². The number of anilines is 1. The summed E-state index contributed by atoms with van der Waals surface area (Å²) < 4.78 is 25.3. The second-order valence-corrected chi connectivity index (χ2v) is 8.63. The van der Waals surface area contributed by atoms with E-state index >= 15 is 0 Å². The van der Waals surface area contributed by atoms with Gasteiger partial charge < -0.3 is 5.32 Å².